The Labute approximate surface area is 115 Å². The minimum atomic E-state index is -4.91. The second-order valence-corrected chi connectivity index (χ2v) is 4.24. The highest BCUT2D eigenvalue weighted by Crippen LogP contribution is 2.42. The number of hydrogen-bond acceptors (Lipinski definition) is 3. The molecule has 0 radical (unpaired) electrons. The molecule has 0 aliphatic carbocycles. The van der Waals surface area contributed by atoms with Crippen LogP contribution in [-0.4, -0.2) is 25.9 Å². The zero-order chi connectivity index (χ0) is 15.2. The summed E-state index contributed by atoms with van der Waals surface area (Å²) in [5.41, 5.74) is -3.38. The number of hydrogen-bond donors (Lipinski definition) is 0. The van der Waals surface area contributed by atoms with Gasteiger partial charge in [-0.3, -0.25) is 0 Å². The lowest BCUT2D eigenvalue weighted by Crippen LogP contribution is -2.51. The molecule has 1 atom stereocenters. The molecule has 6 heteroatoms. The quantitative estimate of drug-likeness (QED) is 0.595. The van der Waals surface area contributed by atoms with E-state index >= 15 is 0 Å². The molecule has 1 unspecified atom stereocenters. The Morgan fingerprint density at radius 2 is 1.80 bits per heavy atom. The Kier molecular flexibility index (Phi) is 5.56. The summed E-state index contributed by atoms with van der Waals surface area (Å²) in [5, 5.41) is 0. The van der Waals surface area contributed by atoms with Gasteiger partial charge in [0, 0.05) is 12.7 Å². The molecule has 1 rings (SSSR count). The van der Waals surface area contributed by atoms with E-state index in [0.717, 1.165) is 7.11 Å². The molecule has 0 aliphatic rings. The first-order chi connectivity index (χ1) is 9.40. The molecular formula is C14H17F3O3. The van der Waals surface area contributed by atoms with Crippen LogP contribution in [0, 0.1) is 0 Å². The van der Waals surface area contributed by atoms with Crippen molar-refractivity contribution in [3.63, 3.8) is 0 Å². The van der Waals surface area contributed by atoms with Gasteiger partial charge in [-0.15, -0.1) is 0 Å². The number of ether oxygens (including phenoxy) is 2. The smallest absolute Gasteiger partial charge is 0.432 e. The molecule has 0 saturated heterocycles. The van der Waals surface area contributed by atoms with Gasteiger partial charge in [-0.05, 0) is 6.42 Å². The van der Waals surface area contributed by atoms with Gasteiger partial charge in [-0.1, -0.05) is 43.7 Å². The van der Waals surface area contributed by atoms with Crippen LogP contribution in [0.3, 0.4) is 0 Å². The summed E-state index contributed by atoms with van der Waals surface area (Å²) in [6.07, 6.45) is -3.70. The van der Waals surface area contributed by atoms with Crippen molar-refractivity contribution < 1.29 is 27.4 Å². The molecule has 0 aromatic heterocycles. The molecule has 0 bridgehead atoms. The van der Waals surface area contributed by atoms with Crippen LogP contribution in [0.15, 0.2) is 30.3 Å². The van der Waals surface area contributed by atoms with Crippen molar-refractivity contribution in [2.75, 3.05) is 13.7 Å². The number of esters is 1. The number of methoxy groups -OCH3 is 1. The summed E-state index contributed by atoms with van der Waals surface area (Å²) in [4.78, 5) is 12.0. The molecule has 3 nitrogen and oxygen atoms in total. The van der Waals surface area contributed by atoms with Gasteiger partial charge in [0.25, 0.3) is 5.60 Å². The monoisotopic (exact) mass is 290 g/mol. The highest BCUT2D eigenvalue weighted by molar-refractivity contribution is 5.82. The van der Waals surface area contributed by atoms with Gasteiger partial charge in [-0.2, -0.15) is 13.2 Å². The van der Waals surface area contributed by atoms with Crippen LogP contribution in [0.5, 0.6) is 0 Å². The summed E-state index contributed by atoms with van der Waals surface area (Å²) in [7, 11) is 0.849. The maximum atomic E-state index is 13.4. The van der Waals surface area contributed by atoms with E-state index in [0.29, 0.717) is 12.8 Å². The predicted octanol–water partition coefficient (Wildman–Crippen LogP) is 3.43. The summed E-state index contributed by atoms with van der Waals surface area (Å²) in [6, 6.07) is 6.77. The van der Waals surface area contributed by atoms with Crippen molar-refractivity contribution in [2.24, 2.45) is 0 Å². The van der Waals surface area contributed by atoms with Crippen LogP contribution in [0.25, 0.3) is 0 Å². The number of halogens is 3. The highest BCUT2D eigenvalue weighted by Gasteiger charge is 2.63. The molecular weight excluding hydrogens is 273 g/mol. The molecule has 112 valence electrons. The van der Waals surface area contributed by atoms with Gasteiger partial charge in [-0.25, -0.2) is 4.79 Å². The van der Waals surface area contributed by atoms with E-state index in [9.17, 15) is 18.0 Å². The average Bonchev–Trinajstić information content (AvgIpc) is 2.40. The standard InChI is InChI=1S/C14H17F3O3/c1-3-4-10-20-12(18)13(19-2,14(15,16)17)11-8-6-5-7-9-11/h5-9H,3-4,10H2,1-2H3. The first-order valence-corrected chi connectivity index (χ1v) is 6.24. The largest absolute Gasteiger partial charge is 0.463 e. The zero-order valence-corrected chi connectivity index (χ0v) is 11.4. The SMILES string of the molecule is CCCCOC(=O)C(OC)(c1ccccc1)C(F)(F)F. The van der Waals surface area contributed by atoms with E-state index < -0.39 is 17.7 Å². The first kappa shape index (κ1) is 16.5. The van der Waals surface area contributed by atoms with Gasteiger partial charge >= 0.3 is 12.1 Å². The summed E-state index contributed by atoms with van der Waals surface area (Å²) < 4.78 is 49.5. The third-order valence-electron chi connectivity index (χ3n) is 2.90. The molecule has 0 heterocycles. The predicted molar refractivity (Wildman–Crippen MR) is 67.1 cm³/mol. The molecule has 20 heavy (non-hydrogen) atoms. The number of rotatable bonds is 6. The molecule has 0 amide bonds. The minimum Gasteiger partial charge on any atom is -0.463 e. The number of carbonyl (C=O) groups excluding carboxylic acids is 1. The fourth-order valence-electron chi connectivity index (χ4n) is 1.80. The summed E-state index contributed by atoms with van der Waals surface area (Å²) in [6.45, 7) is 1.78. The molecule has 0 N–H and O–H groups in total. The lowest BCUT2D eigenvalue weighted by atomic mass is 9.93. The van der Waals surface area contributed by atoms with Gasteiger partial charge < -0.3 is 9.47 Å². The summed E-state index contributed by atoms with van der Waals surface area (Å²) in [5.74, 6) is -1.44. The fourth-order valence-corrected chi connectivity index (χ4v) is 1.80. The molecule has 0 spiro atoms. The van der Waals surface area contributed by atoms with Gasteiger partial charge in [0.2, 0.25) is 0 Å². The van der Waals surface area contributed by atoms with Crippen molar-refractivity contribution in [1.82, 2.24) is 0 Å². The van der Waals surface area contributed by atoms with Crippen LogP contribution in [0.2, 0.25) is 0 Å². The first-order valence-electron chi connectivity index (χ1n) is 6.24. The maximum absolute atomic E-state index is 13.4. The minimum absolute atomic E-state index is 0.0661. The van der Waals surface area contributed by atoms with Crippen molar-refractivity contribution in [3.8, 4) is 0 Å². The Balaban J connectivity index is 3.17. The van der Waals surface area contributed by atoms with Crippen molar-refractivity contribution >= 4 is 5.97 Å². The molecule has 0 aliphatic heterocycles. The van der Waals surface area contributed by atoms with Gasteiger partial charge in [0.1, 0.15) is 0 Å². The van der Waals surface area contributed by atoms with E-state index in [1.165, 1.54) is 24.3 Å². The topological polar surface area (TPSA) is 35.5 Å². The molecule has 0 fully saturated rings. The Hall–Kier alpha value is -1.56. The molecule has 1 aromatic rings. The second kappa shape index (κ2) is 6.74. The lowest BCUT2D eigenvalue weighted by Gasteiger charge is -2.32. The van der Waals surface area contributed by atoms with Crippen molar-refractivity contribution in [1.29, 1.82) is 0 Å². The zero-order valence-electron chi connectivity index (χ0n) is 11.4. The Morgan fingerprint density at radius 3 is 2.25 bits per heavy atom. The van der Waals surface area contributed by atoms with Crippen LogP contribution in [0.1, 0.15) is 25.3 Å². The number of carbonyl (C=O) groups is 1. The van der Waals surface area contributed by atoms with Crippen molar-refractivity contribution in [3.05, 3.63) is 35.9 Å². The Bertz CT molecular complexity index is 431. The fraction of sp³-hybridized carbons (Fsp3) is 0.500. The van der Waals surface area contributed by atoms with E-state index in [-0.39, 0.29) is 12.2 Å². The average molecular weight is 290 g/mol. The number of alkyl halides is 3. The molecule has 1 aromatic carbocycles. The second-order valence-electron chi connectivity index (χ2n) is 4.24. The third-order valence-corrected chi connectivity index (χ3v) is 2.90. The van der Waals surface area contributed by atoms with E-state index in [4.69, 9.17) is 4.74 Å². The van der Waals surface area contributed by atoms with Crippen LogP contribution < -0.4 is 0 Å². The maximum Gasteiger partial charge on any atom is 0.432 e. The van der Waals surface area contributed by atoms with Crippen molar-refractivity contribution in [2.45, 2.75) is 31.5 Å². The Morgan fingerprint density at radius 1 is 1.20 bits per heavy atom. The molecule has 0 saturated carbocycles. The normalized spacial score (nSPS) is 14.7. The van der Waals surface area contributed by atoms with Gasteiger partial charge in [0.15, 0.2) is 0 Å². The number of benzene rings is 1. The van der Waals surface area contributed by atoms with Gasteiger partial charge in [0.05, 0.1) is 6.61 Å². The third kappa shape index (κ3) is 3.12. The van der Waals surface area contributed by atoms with E-state index in [1.807, 2.05) is 6.92 Å². The number of unbranched alkanes of at least 4 members (excludes halogenated alkanes) is 1. The van der Waals surface area contributed by atoms with Crippen LogP contribution in [0.4, 0.5) is 13.2 Å². The lowest BCUT2D eigenvalue weighted by molar-refractivity contribution is -0.276. The van der Waals surface area contributed by atoms with E-state index in [2.05, 4.69) is 4.74 Å². The van der Waals surface area contributed by atoms with E-state index in [1.54, 1.807) is 6.07 Å². The van der Waals surface area contributed by atoms with Crippen LogP contribution >= 0.6 is 0 Å². The summed E-state index contributed by atoms with van der Waals surface area (Å²) >= 11 is 0. The van der Waals surface area contributed by atoms with Crippen LogP contribution in [-0.2, 0) is 19.9 Å². The highest BCUT2D eigenvalue weighted by atomic mass is 19.4.